The summed E-state index contributed by atoms with van der Waals surface area (Å²) in [5, 5.41) is 4.13. The minimum Gasteiger partial charge on any atom is -0.337 e. The molecule has 1 N–H and O–H groups in total. The lowest BCUT2D eigenvalue weighted by molar-refractivity contribution is 0.0785. The maximum Gasteiger partial charge on any atom is 0.253 e. The summed E-state index contributed by atoms with van der Waals surface area (Å²) < 4.78 is 0. The van der Waals surface area contributed by atoms with Crippen molar-refractivity contribution in [2.75, 3.05) is 19.6 Å². The van der Waals surface area contributed by atoms with Gasteiger partial charge in [-0.15, -0.1) is 0 Å². The third-order valence-electron chi connectivity index (χ3n) is 3.96. The Hall–Kier alpha value is -1.06. The number of piperidine rings is 1. The van der Waals surface area contributed by atoms with E-state index in [1.807, 2.05) is 17.0 Å². The highest BCUT2D eigenvalue weighted by atomic mass is 35.5. The van der Waals surface area contributed by atoms with Crippen LogP contribution in [0.15, 0.2) is 24.3 Å². The van der Waals surface area contributed by atoms with Crippen LogP contribution in [0.4, 0.5) is 0 Å². The second kappa shape index (κ2) is 4.90. The highest BCUT2D eigenvalue weighted by Gasteiger charge is 2.36. The summed E-state index contributed by atoms with van der Waals surface area (Å²) in [6.07, 6.45) is 2.46. The fraction of sp³-hybridized carbons (Fsp3) is 0.500. The van der Waals surface area contributed by atoms with E-state index in [2.05, 4.69) is 5.32 Å². The minimum absolute atomic E-state index is 0.105. The summed E-state index contributed by atoms with van der Waals surface area (Å²) in [6.45, 7) is 2.79. The molecule has 3 rings (SSSR count). The van der Waals surface area contributed by atoms with Crippen molar-refractivity contribution >= 4 is 17.5 Å². The molecule has 0 bridgehead atoms. The molecule has 2 aliphatic heterocycles. The van der Waals surface area contributed by atoms with Gasteiger partial charge in [0.2, 0.25) is 0 Å². The van der Waals surface area contributed by atoms with E-state index in [4.69, 9.17) is 11.6 Å². The van der Waals surface area contributed by atoms with Crippen LogP contribution in [0.25, 0.3) is 0 Å². The number of carbonyl (C=O) groups excluding carboxylic acids is 1. The van der Waals surface area contributed by atoms with Crippen LogP contribution in [0.5, 0.6) is 0 Å². The van der Waals surface area contributed by atoms with Gasteiger partial charge in [-0.25, -0.2) is 0 Å². The predicted octanol–water partition coefficient (Wildman–Crippen LogP) is 2.16. The number of halogens is 1. The van der Waals surface area contributed by atoms with E-state index >= 15 is 0 Å². The zero-order chi connectivity index (χ0) is 12.5. The SMILES string of the molecule is O=C(c1cccc(Cl)c1)N1CC2CCCNC2C1. The standard InChI is InChI=1S/C14H17ClN2O/c15-12-5-1-3-10(7-12)14(18)17-8-11-4-2-6-16-13(11)9-17/h1,3,5,7,11,13,16H,2,4,6,8-9H2. The molecule has 2 atom stereocenters. The number of hydrogen-bond acceptors (Lipinski definition) is 2. The van der Waals surface area contributed by atoms with Crippen LogP contribution in [-0.4, -0.2) is 36.5 Å². The maximum absolute atomic E-state index is 12.4. The monoisotopic (exact) mass is 264 g/mol. The second-order valence-corrected chi connectivity index (χ2v) is 5.62. The number of fused-ring (bicyclic) bond motifs is 1. The molecule has 0 saturated carbocycles. The number of rotatable bonds is 1. The van der Waals surface area contributed by atoms with Gasteiger partial charge >= 0.3 is 0 Å². The van der Waals surface area contributed by atoms with Crippen LogP contribution >= 0.6 is 11.6 Å². The van der Waals surface area contributed by atoms with Crippen LogP contribution in [0.3, 0.4) is 0 Å². The van der Waals surface area contributed by atoms with Gasteiger partial charge in [0, 0.05) is 29.7 Å². The Labute approximate surface area is 112 Å². The summed E-state index contributed by atoms with van der Waals surface area (Å²) in [4.78, 5) is 14.3. The first-order valence-corrected chi connectivity index (χ1v) is 6.90. The van der Waals surface area contributed by atoms with E-state index < -0.39 is 0 Å². The fourth-order valence-corrected chi connectivity index (χ4v) is 3.21. The Morgan fingerprint density at radius 1 is 1.39 bits per heavy atom. The van der Waals surface area contributed by atoms with Gasteiger partial charge in [0.05, 0.1) is 0 Å². The molecule has 0 aromatic heterocycles. The molecule has 3 nitrogen and oxygen atoms in total. The van der Waals surface area contributed by atoms with E-state index in [9.17, 15) is 4.79 Å². The zero-order valence-electron chi connectivity index (χ0n) is 10.2. The fourth-order valence-electron chi connectivity index (χ4n) is 3.02. The summed E-state index contributed by atoms with van der Waals surface area (Å²) in [7, 11) is 0. The summed E-state index contributed by atoms with van der Waals surface area (Å²) in [6, 6.07) is 7.70. The Bertz CT molecular complexity index is 449. The van der Waals surface area contributed by atoms with Crippen LogP contribution in [0.2, 0.25) is 5.02 Å². The molecule has 4 heteroatoms. The van der Waals surface area contributed by atoms with Gasteiger partial charge < -0.3 is 10.2 Å². The molecule has 2 unspecified atom stereocenters. The second-order valence-electron chi connectivity index (χ2n) is 5.18. The highest BCUT2D eigenvalue weighted by molar-refractivity contribution is 6.30. The van der Waals surface area contributed by atoms with Crippen molar-refractivity contribution in [2.45, 2.75) is 18.9 Å². The van der Waals surface area contributed by atoms with Crippen LogP contribution in [0, 0.1) is 5.92 Å². The van der Waals surface area contributed by atoms with Gasteiger partial charge in [-0.3, -0.25) is 4.79 Å². The molecule has 2 saturated heterocycles. The summed E-state index contributed by atoms with van der Waals surface area (Å²) >= 11 is 5.93. The third kappa shape index (κ3) is 2.25. The molecule has 2 heterocycles. The van der Waals surface area contributed by atoms with Crippen LogP contribution in [0.1, 0.15) is 23.2 Å². The normalized spacial score (nSPS) is 27.1. The molecule has 0 radical (unpaired) electrons. The molecule has 2 fully saturated rings. The molecule has 1 aromatic rings. The molecule has 0 spiro atoms. The van der Waals surface area contributed by atoms with Crippen molar-refractivity contribution < 1.29 is 4.79 Å². The lowest BCUT2D eigenvalue weighted by atomic mass is 9.94. The van der Waals surface area contributed by atoms with E-state index in [0.717, 1.165) is 19.6 Å². The number of likely N-dealkylation sites (tertiary alicyclic amines) is 1. The van der Waals surface area contributed by atoms with Crippen molar-refractivity contribution in [3.05, 3.63) is 34.9 Å². The molecule has 1 amide bonds. The maximum atomic E-state index is 12.4. The van der Waals surface area contributed by atoms with Gasteiger partial charge in [0.15, 0.2) is 0 Å². The number of carbonyl (C=O) groups is 1. The minimum atomic E-state index is 0.105. The number of hydrogen-bond donors (Lipinski definition) is 1. The number of amides is 1. The van der Waals surface area contributed by atoms with Gasteiger partial charge in [-0.2, -0.15) is 0 Å². The summed E-state index contributed by atoms with van der Waals surface area (Å²) in [5.41, 5.74) is 0.696. The molecule has 96 valence electrons. The molecular weight excluding hydrogens is 248 g/mol. The Morgan fingerprint density at radius 3 is 3.06 bits per heavy atom. The van der Waals surface area contributed by atoms with Gasteiger partial charge in [0.1, 0.15) is 0 Å². The Kier molecular flexibility index (Phi) is 3.27. The first-order chi connectivity index (χ1) is 8.74. The number of nitrogens with one attached hydrogen (secondary N) is 1. The smallest absolute Gasteiger partial charge is 0.253 e. The van der Waals surface area contributed by atoms with E-state index in [0.29, 0.717) is 22.5 Å². The lowest BCUT2D eigenvalue weighted by Gasteiger charge is -2.24. The first kappa shape index (κ1) is 12.0. The van der Waals surface area contributed by atoms with Crippen molar-refractivity contribution in [3.8, 4) is 0 Å². The zero-order valence-corrected chi connectivity index (χ0v) is 11.0. The summed E-state index contributed by atoms with van der Waals surface area (Å²) in [5.74, 6) is 0.732. The van der Waals surface area contributed by atoms with Crippen molar-refractivity contribution in [1.82, 2.24) is 10.2 Å². The Balaban J connectivity index is 1.74. The molecule has 2 aliphatic rings. The molecule has 1 aromatic carbocycles. The van der Waals surface area contributed by atoms with Crippen LogP contribution in [-0.2, 0) is 0 Å². The van der Waals surface area contributed by atoms with E-state index in [-0.39, 0.29) is 5.91 Å². The van der Waals surface area contributed by atoms with Crippen molar-refractivity contribution in [2.24, 2.45) is 5.92 Å². The highest BCUT2D eigenvalue weighted by Crippen LogP contribution is 2.26. The van der Waals surface area contributed by atoms with Crippen LogP contribution < -0.4 is 5.32 Å². The van der Waals surface area contributed by atoms with E-state index in [1.54, 1.807) is 12.1 Å². The average Bonchev–Trinajstić information content (AvgIpc) is 2.81. The van der Waals surface area contributed by atoms with E-state index in [1.165, 1.54) is 12.8 Å². The Morgan fingerprint density at radius 2 is 2.28 bits per heavy atom. The third-order valence-corrected chi connectivity index (χ3v) is 4.19. The number of nitrogens with zero attached hydrogens (tertiary/aromatic N) is 1. The van der Waals surface area contributed by atoms with Gasteiger partial charge in [-0.1, -0.05) is 17.7 Å². The first-order valence-electron chi connectivity index (χ1n) is 6.52. The predicted molar refractivity (Wildman–Crippen MR) is 71.9 cm³/mol. The molecule has 0 aliphatic carbocycles. The average molecular weight is 265 g/mol. The molecular formula is C14H17ClN2O. The number of benzene rings is 1. The van der Waals surface area contributed by atoms with Gasteiger partial charge in [-0.05, 0) is 43.5 Å². The largest absolute Gasteiger partial charge is 0.337 e. The van der Waals surface area contributed by atoms with Crippen molar-refractivity contribution in [1.29, 1.82) is 0 Å². The van der Waals surface area contributed by atoms with Crippen molar-refractivity contribution in [3.63, 3.8) is 0 Å². The molecule has 18 heavy (non-hydrogen) atoms. The quantitative estimate of drug-likeness (QED) is 0.843. The topological polar surface area (TPSA) is 32.3 Å². The lowest BCUT2D eigenvalue weighted by Crippen LogP contribution is -2.41. The van der Waals surface area contributed by atoms with Gasteiger partial charge in [0.25, 0.3) is 5.91 Å².